The van der Waals surface area contributed by atoms with E-state index in [2.05, 4.69) is 30.9 Å². The minimum Gasteiger partial charge on any atom is -0.399 e. The highest BCUT2D eigenvalue weighted by Crippen LogP contribution is 2.37. The Hall–Kier alpha value is -1.51. The third-order valence-corrected chi connectivity index (χ3v) is 5.64. The first kappa shape index (κ1) is 17.3. The van der Waals surface area contributed by atoms with Crippen LogP contribution >= 0.6 is 0 Å². The lowest BCUT2D eigenvalue weighted by atomic mass is 9.78. The lowest BCUT2D eigenvalue weighted by molar-refractivity contribution is 0.00578. The van der Waals surface area contributed by atoms with Crippen molar-refractivity contribution in [3.05, 3.63) is 23.8 Å². The van der Waals surface area contributed by atoms with E-state index >= 15 is 0 Å². The molecule has 5 heteroatoms. The van der Waals surface area contributed by atoms with Crippen LogP contribution in [0.2, 0.25) is 0 Å². The first-order chi connectivity index (χ1) is 11.0. The topological polar surface area (TPSA) is 45.5 Å². The predicted octanol–water partition coefficient (Wildman–Crippen LogP) is 3.09. The molecule has 2 heterocycles. The van der Waals surface area contributed by atoms with Crippen molar-refractivity contribution in [2.24, 2.45) is 5.41 Å². The number of hydrogen-bond acceptors (Lipinski definition) is 4. The van der Waals surface area contributed by atoms with E-state index in [9.17, 15) is 5.26 Å². The Balaban J connectivity index is 1.93. The van der Waals surface area contributed by atoms with Crippen molar-refractivity contribution in [1.82, 2.24) is 0 Å². The van der Waals surface area contributed by atoms with E-state index < -0.39 is 7.12 Å². The number of anilines is 1. The van der Waals surface area contributed by atoms with Gasteiger partial charge in [0.05, 0.1) is 22.8 Å². The van der Waals surface area contributed by atoms with Crippen LogP contribution in [0, 0.1) is 16.7 Å². The molecule has 24 heavy (non-hydrogen) atoms. The second-order valence-electron chi connectivity index (χ2n) is 8.85. The molecule has 2 aliphatic heterocycles. The average Bonchev–Trinajstić information content (AvgIpc) is 2.95. The SMILES string of the molecule is CC1(C)CCN(c2cc(C#N)cc(B3OC(C)(C)C(C)(C)O3)c2)C1. The minimum atomic E-state index is -0.433. The van der Waals surface area contributed by atoms with Crippen LogP contribution in [-0.2, 0) is 9.31 Å². The van der Waals surface area contributed by atoms with Crippen LogP contribution in [0.5, 0.6) is 0 Å². The number of hydrogen-bond donors (Lipinski definition) is 0. The zero-order valence-corrected chi connectivity index (χ0v) is 15.6. The summed E-state index contributed by atoms with van der Waals surface area (Å²) in [6, 6.07) is 8.24. The van der Waals surface area contributed by atoms with Crippen LogP contribution in [0.4, 0.5) is 5.69 Å². The highest BCUT2D eigenvalue weighted by Gasteiger charge is 2.51. The Morgan fingerprint density at radius 1 is 1.04 bits per heavy atom. The minimum absolute atomic E-state index is 0.313. The van der Waals surface area contributed by atoms with Crippen LogP contribution in [0.1, 0.15) is 53.5 Å². The van der Waals surface area contributed by atoms with Crippen molar-refractivity contribution in [3.8, 4) is 6.07 Å². The fourth-order valence-electron chi connectivity index (χ4n) is 3.33. The Bertz CT molecular complexity index is 675. The second kappa shape index (κ2) is 5.51. The van der Waals surface area contributed by atoms with E-state index in [1.54, 1.807) is 0 Å². The van der Waals surface area contributed by atoms with Crippen molar-refractivity contribution in [3.63, 3.8) is 0 Å². The van der Waals surface area contributed by atoms with Gasteiger partial charge in [0.15, 0.2) is 0 Å². The molecule has 0 aliphatic carbocycles. The van der Waals surface area contributed by atoms with Gasteiger partial charge in [-0.2, -0.15) is 5.26 Å². The lowest BCUT2D eigenvalue weighted by Crippen LogP contribution is -2.41. The van der Waals surface area contributed by atoms with Gasteiger partial charge in [0, 0.05) is 18.8 Å². The second-order valence-corrected chi connectivity index (χ2v) is 8.85. The largest absolute Gasteiger partial charge is 0.494 e. The van der Waals surface area contributed by atoms with Crippen LogP contribution in [0.25, 0.3) is 0 Å². The predicted molar refractivity (Wildman–Crippen MR) is 97.5 cm³/mol. The summed E-state index contributed by atoms with van der Waals surface area (Å²) in [7, 11) is -0.433. The molecule has 2 aliphatic rings. The van der Waals surface area contributed by atoms with Crippen molar-refractivity contribution in [1.29, 1.82) is 5.26 Å². The molecule has 0 N–H and O–H groups in total. The van der Waals surface area contributed by atoms with E-state index in [4.69, 9.17) is 9.31 Å². The summed E-state index contributed by atoms with van der Waals surface area (Å²) < 4.78 is 12.3. The lowest BCUT2D eigenvalue weighted by Gasteiger charge is -2.32. The average molecular weight is 326 g/mol. The van der Waals surface area contributed by atoms with Gasteiger partial charge in [-0.05, 0) is 63.2 Å². The van der Waals surface area contributed by atoms with E-state index in [1.165, 1.54) is 0 Å². The van der Waals surface area contributed by atoms with Gasteiger partial charge in [-0.3, -0.25) is 0 Å². The van der Waals surface area contributed by atoms with Gasteiger partial charge in [-0.15, -0.1) is 0 Å². The summed E-state index contributed by atoms with van der Waals surface area (Å²) in [5.74, 6) is 0. The fourth-order valence-corrected chi connectivity index (χ4v) is 3.33. The molecular weight excluding hydrogens is 299 g/mol. The van der Waals surface area contributed by atoms with Gasteiger partial charge < -0.3 is 14.2 Å². The maximum atomic E-state index is 9.43. The van der Waals surface area contributed by atoms with Crippen LogP contribution in [-0.4, -0.2) is 31.4 Å². The molecular formula is C19H27BN2O2. The van der Waals surface area contributed by atoms with Crippen molar-refractivity contribution < 1.29 is 9.31 Å². The van der Waals surface area contributed by atoms with E-state index in [-0.39, 0.29) is 11.2 Å². The van der Waals surface area contributed by atoms with Gasteiger partial charge in [-0.1, -0.05) is 13.8 Å². The van der Waals surface area contributed by atoms with Crippen molar-refractivity contribution in [2.45, 2.75) is 59.2 Å². The van der Waals surface area contributed by atoms with Crippen molar-refractivity contribution in [2.75, 3.05) is 18.0 Å². The smallest absolute Gasteiger partial charge is 0.399 e. The normalized spacial score (nSPS) is 24.2. The van der Waals surface area contributed by atoms with Gasteiger partial charge in [0.2, 0.25) is 0 Å². The quantitative estimate of drug-likeness (QED) is 0.784. The maximum Gasteiger partial charge on any atom is 0.494 e. The zero-order valence-electron chi connectivity index (χ0n) is 15.6. The molecule has 1 aromatic rings. The molecule has 128 valence electrons. The summed E-state index contributed by atoms with van der Waals surface area (Å²) in [6.07, 6.45) is 1.16. The van der Waals surface area contributed by atoms with Gasteiger partial charge in [-0.25, -0.2) is 0 Å². The Morgan fingerprint density at radius 3 is 2.17 bits per heavy atom. The first-order valence-corrected chi connectivity index (χ1v) is 8.69. The summed E-state index contributed by atoms with van der Waals surface area (Å²) in [4.78, 5) is 2.36. The summed E-state index contributed by atoms with van der Waals surface area (Å²) in [5, 5.41) is 9.43. The third-order valence-electron chi connectivity index (χ3n) is 5.64. The highest BCUT2D eigenvalue weighted by molar-refractivity contribution is 6.62. The molecule has 1 aromatic carbocycles. The monoisotopic (exact) mass is 326 g/mol. The van der Waals surface area contributed by atoms with Crippen LogP contribution in [0.3, 0.4) is 0 Å². The number of nitrogens with zero attached hydrogens (tertiary/aromatic N) is 2. The van der Waals surface area contributed by atoms with E-state index in [1.807, 2.05) is 39.8 Å². The standard InChI is InChI=1S/C19H27BN2O2/c1-17(2)7-8-22(13-17)16-10-14(12-21)9-15(11-16)20-23-18(3,4)19(5,6)24-20/h9-11H,7-8,13H2,1-6H3. The van der Waals surface area contributed by atoms with E-state index in [0.29, 0.717) is 11.0 Å². The Labute approximate surface area is 145 Å². The van der Waals surface area contributed by atoms with E-state index in [0.717, 1.165) is 30.7 Å². The summed E-state index contributed by atoms with van der Waals surface area (Å²) in [6.45, 7) is 14.8. The number of nitriles is 1. The molecule has 0 spiro atoms. The Kier molecular flexibility index (Phi) is 3.97. The first-order valence-electron chi connectivity index (χ1n) is 8.69. The molecule has 0 saturated carbocycles. The van der Waals surface area contributed by atoms with Gasteiger partial charge >= 0.3 is 7.12 Å². The summed E-state index contributed by atoms with van der Waals surface area (Å²) >= 11 is 0. The van der Waals surface area contributed by atoms with Crippen LogP contribution in [0.15, 0.2) is 18.2 Å². The van der Waals surface area contributed by atoms with Crippen LogP contribution < -0.4 is 10.4 Å². The van der Waals surface area contributed by atoms with Crippen molar-refractivity contribution >= 4 is 18.3 Å². The fraction of sp³-hybridized carbons (Fsp3) is 0.632. The zero-order chi connectivity index (χ0) is 17.8. The molecule has 2 saturated heterocycles. The maximum absolute atomic E-state index is 9.43. The molecule has 0 aromatic heterocycles. The molecule has 0 bridgehead atoms. The third kappa shape index (κ3) is 3.05. The highest BCUT2D eigenvalue weighted by atomic mass is 16.7. The molecule has 4 nitrogen and oxygen atoms in total. The molecule has 0 amide bonds. The molecule has 3 rings (SSSR count). The Morgan fingerprint density at radius 2 is 1.67 bits per heavy atom. The molecule has 2 fully saturated rings. The summed E-state index contributed by atoms with van der Waals surface area (Å²) in [5.41, 5.74) is 2.22. The number of rotatable bonds is 2. The molecule has 0 radical (unpaired) electrons. The number of benzene rings is 1. The van der Waals surface area contributed by atoms with Gasteiger partial charge in [0.25, 0.3) is 0 Å². The molecule has 0 atom stereocenters. The molecule has 0 unspecified atom stereocenters. The van der Waals surface area contributed by atoms with Gasteiger partial charge in [0.1, 0.15) is 0 Å².